The quantitative estimate of drug-likeness (QED) is 0.498. The van der Waals surface area contributed by atoms with Gasteiger partial charge in [0, 0.05) is 11.8 Å². The maximum atomic E-state index is 13.2. The van der Waals surface area contributed by atoms with E-state index in [1.165, 1.54) is 32.4 Å². The largest absolute Gasteiger partial charge is 0.493 e. The van der Waals surface area contributed by atoms with Crippen LogP contribution in [0.4, 0.5) is 5.69 Å². The number of hydrogen-bond donors (Lipinski definition) is 2. The van der Waals surface area contributed by atoms with Gasteiger partial charge in [-0.05, 0) is 61.2 Å². The van der Waals surface area contributed by atoms with E-state index in [0.717, 1.165) is 16.7 Å². The van der Waals surface area contributed by atoms with Crippen molar-refractivity contribution in [2.75, 3.05) is 19.5 Å². The molecule has 33 heavy (non-hydrogen) atoms. The minimum absolute atomic E-state index is 0.0304. The minimum atomic E-state index is -4.04. The molecule has 1 atom stereocenters. The van der Waals surface area contributed by atoms with Crippen molar-refractivity contribution < 1.29 is 22.7 Å². The molecule has 1 unspecified atom stereocenters. The highest BCUT2D eigenvalue weighted by molar-refractivity contribution is 7.89. The van der Waals surface area contributed by atoms with Gasteiger partial charge in [0.05, 0.1) is 19.1 Å². The molecule has 1 amide bonds. The molecule has 0 aliphatic carbocycles. The van der Waals surface area contributed by atoms with Crippen LogP contribution in [0, 0.1) is 13.8 Å². The molecule has 7 nitrogen and oxygen atoms in total. The van der Waals surface area contributed by atoms with Gasteiger partial charge in [-0.15, -0.1) is 0 Å². The zero-order valence-electron chi connectivity index (χ0n) is 19.1. The van der Waals surface area contributed by atoms with Gasteiger partial charge >= 0.3 is 0 Å². The number of benzene rings is 3. The number of methoxy groups -OCH3 is 2. The van der Waals surface area contributed by atoms with Crippen LogP contribution in [0.1, 0.15) is 16.7 Å². The fraction of sp³-hybridized carbons (Fsp3) is 0.240. The average molecular weight is 469 g/mol. The summed E-state index contributed by atoms with van der Waals surface area (Å²) in [4.78, 5) is 13.1. The normalized spacial score (nSPS) is 12.1. The summed E-state index contributed by atoms with van der Waals surface area (Å²) < 4.78 is 39.3. The van der Waals surface area contributed by atoms with Crippen molar-refractivity contribution in [1.29, 1.82) is 0 Å². The summed E-state index contributed by atoms with van der Waals surface area (Å²) >= 11 is 0. The van der Waals surface area contributed by atoms with E-state index in [2.05, 4.69) is 10.0 Å². The van der Waals surface area contributed by atoms with Crippen molar-refractivity contribution >= 4 is 21.6 Å². The average Bonchev–Trinajstić information content (AvgIpc) is 2.81. The SMILES string of the molecule is COc1ccc(S(=O)(=O)NC(Cc2ccccc2)C(=O)Nc2ccc(C)c(C)c2)cc1OC. The summed E-state index contributed by atoms with van der Waals surface area (Å²) in [7, 11) is -1.14. The Morgan fingerprint density at radius 1 is 0.879 bits per heavy atom. The summed E-state index contributed by atoms with van der Waals surface area (Å²) in [5.74, 6) is 0.232. The molecule has 0 heterocycles. The lowest BCUT2D eigenvalue weighted by molar-refractivity contribution is -0.117. The van der Waals surface area contributed by atoms with Crippen LogP contribution in [-0.4, -0.2) is 34.6 Å². The molecule has 2 N–H and O–H groups in total. The molecule has 0 spiro atoms. The van der Waals surface area contributed by atoms with Crippen LogP contribution in [0.3, 0.4) is 0 Å². The Hall–Kier alpha value is -3.36. The van der Waals surface area contributed by atoms with E-state index in [4.69, 9.17) is 9.47 Å². The molecule has 174 valence electrons. The third kappa shape index (κ3) is 6.12. The highest BCUT2D eigenvalue weighted by Crippen LogP contribution is 2.29. The number of amides is 1. The van der Waals surface area contributed by atoms with Crippen LogP contribution in [0.15, 0.2) is 71.6 Å². The van der Waals surface area contributed by atoms with Crippen molar-refractivity contribution in [2.24, 2.45) is 0 Å². The summed E-state index contributed by atoms with van der Waals surface area (Å²) in [6, 6.07) is 18.0. The second kappa shape index (κ2) is 10.5. The number of hydrogen-bond acceptors (Lipinski definition) is 5. The number of anilines is 1. The summed E-state index contributed by atoms with van der Waals surface area (Å²) in [6.07, 6.45) is 0.185. The van der Waals surface area contributed by atoms with Gasteiger partial charge in [-0.2, -0.15) is 4.72 Å². The number of sulfonamides is 1. The first-order chi connectivity index (χ1) is 15.7. The minimum Gasteiger partial charge on any atom is -0.493 e. The van der Waals surface area contributed by atoms with E-state index >= 15 is 0 Å². The molecule has 0 fully saturated rings. The summed E-state index contributed by atoms with van der Waals surface area (Å²) in [6.45, 7) is 3.93. The highest BCUT2D eigenvalue weighted by Gasteiger charge is 2.27. The Morgan fingerprint density at radius 2 is 1.58 bits per heavy atom. The van der Waals surface area contributed by atoms with Gasteiger partial charge in [0.2, 0.25) is 15.9 Å². The Kier molecular flexibility index (Phi) is 7.73. The number of carbonyl (C=O) groups excluding carboxylic acids is 1. The predicted octanol–water partition coefficient (Wildman–Crippen LogP) is 3.85. The molecule has 3 rings (SSSR count). The maximum absolute atomic E-state index is 13.2. The third-order valence-corrected chi connectivity index (χ3v) is 6.81. The smallest absolute Gasteiger partial charge is 0.242 e. The first-order valence-electron chi connectivity index (χ1n) is 10.4. The molecular weight excluding hydrogens is 440 g/mol. The first-order valence-corrected chi connectivity index (χ1v) is 11.9. The molecule has 0 aliphatic rings. The monoisotopic (exact) mass is 468 g/mol. The molecule has 0 radical (unpaired) electrons. The molecule has 0 bridgehead atoms. The Morgan fingerprint density at radius 3 is 2.21 bits per heavy atom. The first kappa shape index (κ1) is 24.3. The van der Waals surface area contributed by atoms with Gasteiger partial charge in [-0.3, -0.25) is 4.79 Å². The van der Waals surface area contributed by atoms with Gasteiger partial charge in [0.15, 0.2) is 11.5 Å². The fourth-order valence-corrected chi connectivity index (χ4v) is 4.54. The van der Waals surface area contributed by atoms with E-state index in [1.54, 1.807) is 6.07 Å². The molecular formula is C25H28N2O5S. The number of rotatable bonds is 9. The van der Waals surface area contributed by atoms with Crippen LogP contribution < -0.4 is 19.5 Å². The maximum Gasteiger partial charge on any atom is 0.242 e. The van der Waals surface area contributed by atoms with E-state index in [1.807, 2.05) is 56.3 Å². The van der Waals surface area contributed by atoms with Crippen molar-refractivity contribution in [1.82, 2.24) is 4.72 Å². The van der Waals surface area contributed by atoms with Crippen LogP contribution in [0.5, 0.6) is 11.5 Å². The number of nitrogens with one attached hydrogen (secondary N) is 2. The third-order valence-electron chi connectivity index (χ3n) is 5.34. The van der Waals surface area contributed by atoms with Crippen LogP contribution >= 0.6 is 0 Å². The van der Waals surface area contributed by atoms with Crippen molar-refractivity contribution in [2.45, 2.75) is 31.2 Å². The number of aryl methyl sites for hydroxylation is 2. The number of carbonyl (C=O) groups is 1. The predicted molar refractivity (Wildman–Crippen MR) is 128 cm³/mol. The van der Waals surface area contributed by atoms with Crippen molar-refractivity contribution in [3.05, 3.63) is 83.4 Å². The van der Waals surface area contributed by atoms with Crippen LogP contribution in [-0.2, 0) is 21.2 Å². The van der Waals surface area contributed by atoms with Gasteiger partial charge in [-0.25, -0.2) is 8.42 Å². The zero-order valence-corrected chi connectivity index (χ0v) is 19.9. The van der Waals surface area contributed by atoms with E-state index in [9.17, 15) is 13.2 Å². The molecule has 0 saturated carbocycles. The van der Waals surface area contributed by atoms with Crippen LogP contribution in [0.25, 0.3) is 0 Å². The van der Waals surface area contributed by atoms with Crippen molar-refractivity contribution in [3.63, 3.8) is 0 Å². The van der Waals surface area contributed by atoms with E-state index in [0.29, 0.717) is 11.4 Å². The van der Waals surface area contributed by atoms with Gasteiger partial charge < -0.3 is 14.8 Å². The Bertz CT molecular complexity index is 1230. The fourth-order valence-electron chi connectivity index (χ4n) is 3.33. The summed E-state index contributed by atoms with van der Waals surface area (Å²) in [5.41, 5.74) is 3.56. The van der Waals surface area contributed by atoms with Gasteiger partial charge in [0.1, 0.15) is 6.04 Å². The topological polar surface area (TPSA) is 93.7 Å². The molecule has 0 aromatic heterocycles. The number of ether oxygens (including phenoxy) is 2. The van der Waals surface area contributed by atoms with Gasteiger partial charge in [-0.1, -0.05) is 36.4 Å². The second-order valence-electron chi connectivity index (χ2n) is 7.67. The molecule has 0 saturated heterocycles. The molecule has 3 aromatic carbocycles. The molecule has 3 aromatic rings. The lowest BCUT2D eigenvalue weighted by Gasteiger charge is -2.20. The highest BCUT2D eigenvalue weighted by atomic mass is 32.2. The van der Waals surface area contributed by atoms with Crippen LogP contribution in [0.2, 0.25) is 0 Å². The van der Waals surface area contributed by atoms with Crippen molar-refractivity contribution in [3.8, 4) is 11.5 Å². The van der Waals surface area contributed by atoms with E-state index in [-0.39, 0.29) is 17.1 Å². The van der Waals surface area contributed by atoms with E-state index < -0.39 is 22.0 Å². The lowest BCUT2D eigenvalue weighted by Crippen LogP contribution is -2.45. The molecule has 8 heteroatoms. The zero-order chi connectivity index (χ0) is 24.0. The lowest BCUT2D eigenvalue weighted by atomic mass is 10.1. The second-order valence-corrected chi connectivity index (χ2v) is 9.38. The Balaban J connectivity index is 1.90. The van der Waals surface area contributed by atoms with Gasteiger partial charge in [0.25, 0.3) is 0 Å². The summed E-state index contributed by atoms with van der Waals surface area (Å²) in [5, 5.41) is 2.83. The Labute approximate surface area is 194 Å². The standard InChI is InChI=1S/C25H28N2O5S/c1-17-10-11-20(14-18(17)2)26-25(28)22(15-19-8-6-5-7-9-19)27-33(29,30)21-12-13-23(31-3)24(16-21)32-4/h5-14,16,22,27H,15H2,1-4H3,(H,26,28). The molecule has 0 aliphatic heterocycles.